The predicted molar refractivity (Wildman–Crippen MR) is 156 cm³/mol. The lowest BCUT2D eigenvalue weighted by molar-refractivity contribution is -0.137. The van der Waals surface area contributed by atoms with Gasteiger partial charge >= 0.3 is 18.0 Å². The summed E-state index contributed by atoms with van der Waals surface area (Å²) >= 11 is 1.61. The minimum Gasteiger partial charge on any atom is -0.481 e. The van der Waals surface area contributed by atoms with E-state index in [-0.39, 0.29) is 67.2 Å². The van der Waals surface area contributed by atoms with Crippen molar-refractivity contribution in [3.05, 3.63) is 71.8 Å². The Morgan fingerprint density at radius 1 is 1.00 bits per heavy atom. The number of ether oxygens (including phenoxy) is 1. The molecule has 0 saturated carbocycles. The summed E-state index contributed by atoms with van der Waals surface area (Å²) in [6.07, 6.45) is 1.45. The fraction of sp³-hybridized carbons (Fsp3) is 0.387. The van der Waals surface area contributed by atoms with E-state index < -0.39 is 18.0 Å². The highest BCUT2D eigenvalue weighted by atomic mass is 32.2. The third-order valence-corrected chi connectivity index (χ3v) is 9.51. The standard InChI is InChI=1S/C31H33N3O6S/c1-18(8-6-15-27(36)37)29-28-25(17-41-29)34(31(39)33-28)26(35)14-7-13-24(32)30(38)40-16-23-21-11-4-2-9-19(21)20-10-3-5-12-22(20)23/h2-5,9-12,23,25,28-29,32H,1,6-8,13-17H2,(H,33,39)(H,36,37)/t25?,28?,29-/m0/s1. The van der Waals surface area contributed by atoms with E-state index in [1.807, 2.05) is 36.4 Å². The molecule has 41 heavy (non-hydrogen) atoms. The molecule has 0 radical (unpaired) electrons. The number of fused-ring (bicyclic) bond motifs is 4. The van der Waals surface area contributed by atoms with Crippen LogP contribution in [0.4, 0.5) is 4.79 Å². The largest absolute Gasteiger partial charge is 0.481 e. The van der Waals surface area contributed by atoms with Gasteiger partial charge in [-0.2, -0.15) is 0 Å². The van der Waals surface area contributed by atoms with Crippen molar-refractivity contribution in [2.45, 2.75) is 61.8 Å². The molecule has 2 aliphatic heterocycles. The summed E-state index contributed by atoms with van der Waals surface area (Å²) in [6.45, 7) is 4.23. The number of carboxylic acid groups (broad SMARTS) is 1. The molecule has 2 heterocycles. The number of benzene rings is 2. The van der Waals surface area contributed by atoms with E-state index in [1.54, 1.807) is 11.8 Å². The quantitative estimate of drug-likeness (QED) is 0.144. The van der Waals surface area contributed by atoms with Crippen molar-refractivity contribution in [1.82, 2.24) is 10.2 Å². The number of carbonyl (C=O) groups is 4. The van der Waals surface area contributed by atoms with Gasteiger partial charge < -0.3 is 15.2 Å². The molecule has 10 heteroatoms. The lowest BCUT2D eigenvalue weighted by Crippen LogP contribution is -2.41. The Bertz CT molecular complexity index is 1360. The van der Waals surface area contributed by atoms with Crippen LogP contribution >= 0.6 is 11.8 Å². The van der Waals surface area contributed by atoms with E-state index in [0.29, 0.717) is 18.6 Å². The molecule has 2 saturated heterocycles. The van der Waals surface area contributed by atoms with E-state index in [9.17, 15) is 19.2 Å². The van der Waals surface area contributed by atoms with Gasteiger partial charge in [-0.1, -0.05) is 60.7 Å². The van der Waals surface area contributed by atoms with E-state index in [1.165, 1.54) is 4.90 Å². The number of carboxylic acids is 1. The van der Waals surface area contributed by atoms with Crippen LogP contribution in [-0.2, 0) is 19.1 Å². The smallest absolute Gasteiger partial charge is 0.351 e. The Kier molecular flexibility index (Phi) is 8.58. The summed E-state index contributed by atoms with van der Waals surface area (Å²) in [5.74, 6) is -1.41. The lowest BCUT2D eigenvalue weighted by atomic mass is 9.98. The van der Waals surface area contributed by atoms with Gasteiger partial charge in [0.2, 0.25) is 5.91 Å². The van der Waals surface area contributed by atoms with Gasteiger partial charge in [0.05, 0.1) is 12.1 Å². The Morgan fingerprint density at radius 2 is 1.63 bits per heavy atom. The molecule has 1 aliphatic carbocycles. The summed E-state index contributed by atoms with van der Waals surface area (Å²) < 4.78 is 5.54. The van der Waals surface area contributed by atoms with Crippen molar-refractivity contribution < 1.29 is 29.0 Å². The predicted octanol–water partition coefficient (Wildman–Crippen LogP) is 4.75. The average Bonchev–Trinajstić information content (AvgIpc) is 3.60. The van der Waals surface area contributed by atoms with Crippen LogP contribution in [0.15, 0.2) is 60.7 Å². The molecule has 3 N–H and O–H groups in total. The molecule has 5 rings (SSSR count). The molecule has 3 amide bonds. The zero-order valence-electron chi connectivity index (χ0n) is 22.6. The number of nitrogens with one attached hydrogen (secondary N) is 2. The monoisotopic (exact) mass is 575 g/mol. The third kappa shape index (κ3) is 5.93. The summed E-state index contributed by atoms with van der Waals surface area (Å²) in [4.78, 5) is 50.3. The van der Waals surface area contributed by atoms with E-state index in [0.717, 1.165) is 27.8 Å². The number of nitrogens with zero attached hydrogens (tertiary/aromatic N) is 1. The van der Waals surface area contributed by atoms with Crippen LogP contribution in [0.1, 0.15) is 55.6 Å². The number of carbonyl (C=O) groups excluding carboxylic acids is 3. The number of imide groups is 1. The summed E-state index contributed by atoms with van der Waals surface area (Å²) in [5.41, 5.74) is 5.11. The number of urea groups is 1. The second-order valence-corrected chi connectivity index (χ2v) is 11.8. The van der Waals surface area contributed by atoms with Crippen LogP contribution in [0.25, 0.3) is 11.1 Å². The Morgan fingerprint density at radius 3 is 2.29 bits per heavy atom. The van der Waals surface area contributed by atoms with Crippen molar-refractivity contribution in [3.63, 3.8) is 0 Å². The molecule has 9 nitrogen and oxygen atoms in total. The van der Waals surface area contributed by atoms with Crippen molar-refractivity contribution in [2.75, 3.05) is 12.4 Å². The highest BCUT2D eigenvalue weighted by molar-refractivity contribution is 8.00. The molecule has 2 fully saturated rings. The highest BCUT2D eigenvalue weighted by Gasteiger charge is 2.50. The van der Waals surface area contributed by atoms with Gasteiger partial charge in [-0.25, -0.2) is 9.59 Å². The van der Waals surface area contributed by atoms with Crippen molar-refractivity contribution in [2.24, 2.45) is 0 Å². The number of esters is 1. The molecule has 0 spiro atoms. The third-order valence-electron chi connectivity index (χ3n) is 7.99. The highest BCUT2D eigenvalue weighted by Crippen LogP contribution is 2.44. The number of rotatable bonds is 12. The minimum absolute atomic E-state index is 0.0323. The molecule has 2 aromatic rings. The zero-order chi connectivity index (χ0) is 29.1. The first-order chi connectivity index (χ1) is 19.8. The Balaban J connectivity index is 1.09. The SMILES string of the molecule is C=C(CCCC(=O)O)[C@@H]1SCC2C1NC(=O)N2C(=O)CCCC(=N)C(=O)OCC1c2ccccc2-c2ccccc21. The van der Waals surface area contributed by atoms with Gasteiger partial charge in [0.15, 0.2) is 0 Å². The number of aliphatic carboxylic acids is 1. The molecule has 0 aromatic heterocycles. The number of hydrogen-bond donors (Lipinski definition) is 3. The van der Waals surface area contributed by atoms with E-state index in [2.05, 4.69) is 24.0 Å². The molecule has 2 aromatic carbocycles. The number of amides is 3. The van der Waals surface area contributed by atoms with E-state index >= 15 is 0 Å². The molecule has 2 unspecified atom stereocenters. The first-order valence-corrected chi connectivity index (χ1v) is 14.9. The van der Waals surface area contributed by atoms with Crippen molar-refractivity contribution in [3.8, 4) is 11.1 Å². The maximum absolute atomic E-state index is 13.0. The van der Waals surface area contributed by atoms with Gasteiger partial charge in [-0.3, -0.25) is 19.9 Å². The molecule has 0 bridgehead atoms. The van der Waals surface area contributed by atoms with Gasteiger partial charge in [-0.15, -0.1) is 11.8 Å². The zero-order valence-corrected chi connectivity index (χ0v) is 23.5. The normalized spacial score (nSPS) is 20.6. The van der Waals surface area contributed by atoms with Crippen LogP contribution in [-0.4, -0.2) is 69.3 Å². The average molecular weight is 576 g/mol. The van der Waals surface area contributed by atoms with E-state index in [4.69, 9.17) is 15.3 Å². The minimum atomic E-state index is -0.854. The maximum Gasteiger partial charge on any atom is 0.351 e. The van der Waals surface area contributed by atoms with Gasteiger partial charge in [-0.05, 0) is 47.9 Å². The maximum atomic E-state index is 13.0. The Hall–Kier alpha value is -3.92. The molecule has 3 atom stereocenters. The van der Waals surface area contributed by atoms with Crippen LogP contribution in [0.3, 0.4) is 0 Å². The van der Waals surface area contributed by atoms with Crippen LogP contribution in [0.5, 0.6) is 0 Å². The van der Waals surface area contributed by atoms with Gasteiger partial charge in [0.1, 0.15) is 12.3 Å². The number of hydrogen-bond acceptors (Lipinski definition) is 7. The fourth-order valence-corrected chi connectivity index (χ4v) is 7.56. The van der Waals surface area contributed by atoms with Crippen LogP contribution < -0.4 is 5.32 Å². The second-order valence-electron chi connectivity index (χ2n) is 10.6. The summed E-state index contributed by atoms with van der Waals surface area (Å²) in [7, 11) is 0. The first kappa shape index (κ1) is 28.6. The van der Waals surface area contributed by atoms with Crippen LogP contribution in [0.2, 0.25) is 0 Å². The first-order valence-electron chi connectivity index (χ1n) is 13.8. The van der Waals surface area contributed by atoms with Gasteiger partial charge in [0.25, 0.3) is 0 Å². The molecular formula is C31H33N3O6S. The molecular weight excluding hydrogens is 542 g/mol. The topological polar surface area (TPSA) is 137 Å². The van der Waals surface area contributed by atoms with Gasteiger partial charge in [0, 0.05) is 29.8 Å². The fourth-order valence-electron chi connectivity index (χ4n) is 5.98. The number of thioether (sulfide) groups is 1. The van der Waals surface area contributed by atoms with Crippen molar-refractivity contribution in [1.29, 1.82) is 5.41 Å². The second kappa shape index (κ2) is 12.3. The Labute approximate surface area is 242 Å². The summed E-state index contributed by atoms with van der Waals surface area (Å²) in [6, 6.07) is 15.1. The van der Waals surface area contributed by atoms with Crippen LogP contribution in [0, 0.1) is 5.41 Å². The lowest BCUT2D eigenvalue weighted by Gasteiger charge is -2.21. The molecule has 3 aliphatic rings. The van der Waals surface area contributed by atoms with Crippen molar-refractivity contribution >= 4 is 41.4 Å². The summed E-state index contributed by atoms with van der Waals surface area (Å²) in [5, 5.41) is 19.9. The molecule has 214 valence electrons.